The molecule has 0 radical (unpaired) electrons. The Kier molecular flexibility index (Phi) is 1.48. The van der Waals surface area contributed by atoms with Gasteiger partial charge in [-0.2, -0.15) is 0 Å². The van der Waals surface area contributed by atoms with Crippen molar-refractivity contribution >= 4 is 5.84 Å². The van der Waals surface area contributed by atoms with Gasteiger partial charge in [-0.1, -0.05) is 6.92 Å². The maximum Gasteiger partial charge on any atom is 0.113 e. The van der Waals surface area contributed by atoms with Gasteiger partial charge in [0.05, 0.1) is 13.1 Å². The van der Waals surface area contributed by atoms with E-state index in [1.54, 1.807) is 5.01 Å². The lowest BCUT2D eigenvalue weighted by Crippen LogP contribution is -2.33. The lowest BCUT2D eigenvalue weighted by molar-refractivity contribution is 0.476. The summed E-state index contributed by atoms with van der Waals surface area (Å²) >= 11 is 0. The molecule has 0 amide bonds. The van der Waals surface area contributed by atoms with Gasteiger partial charge in [-0.3, -0.25) is 10.0 Å². The molecule has 0 spiro atoms. The summed E-state index contributed by atoms with van der Waals surface area (Å²) in [6.45, 7) is 3.83. The smallest absolute Gasteiger partial charge is 0.113 e. The monoisotopic (exact) mass is 113 g/mol. The Hall–Kier alpha value is -0.570. The van der Waals surface area contributed by atoms with Crippen molar-refractivity contribution in [3.05, 3.63) is 0 Å². The number of hydrazine groups is 1. The van der Waals surface area contributed by atoms with Crippen molar-refractivity contribution in [3.63, 3.8) is 0 Å². The fourth-order valence-electron chi connectivity index (χ4n) is 0.822. The minimum Gasteiger partial charge on any atom is -0.297 e. The third kappa shape index (κ3) is 0.816. The molecule has 0 fully saturated rings. The number of nitrogens with two attached hydrogens (primary N) is 1. The molecule has 46 valence electrons. The predicted molar refractivity (Wildman–Crippen MR) is 33.5 cm³/mol. The second-order valence-electron chi connectivity index (χ2n) is 1.84. The highest BCUT2D eigenvalue weighted by Gasteiger charge is 2.08. The molecule has 0 aromatic rings. The first kappa shape index (κ1) is 5.56. The van der Waals surface area contributed by atoms with E-state index in [0.717, 1.165) is 25.3 Å². The molecule has 1 aliphatic rings. The second kappa shape index (κ2) is 2.13. The Labute approximate surface area is 49.2 Å². The zero-order chi connectivity index (χ0) is 5.98. The number of amidine groups is 1. The van der Waals surface area contributed by atoms with Crippen LogP contribution in [0.1, 0.15) is 13.3 Å². The Morgan fingerprint density at radius 3 is 2.88 bits per heavy atom. The van der Waals surface area contributed by atoms with Gasteiger partial charge in [0, 0.05) is 6.42 Å². The molecule has 1 rings (SSSR count). The van der Waals surface area contributed by atoms with Crippen molar-refractivity contribution < 1.29 is 0 Å². The lowest BCUT2D eigenvalue weighted by atomic mass is 10.4. The van der Waals surface area contributed by atoms with Crippen LogP contribution in [0.5, 0.6) is 0 Å². The molecule has 0 saturated heterocycles. The summed E-state index contributed by atoms with van der Waals surface area (Å²) in [5.74, 6) is 6.52. The van der Waals surface area contributed by atoms with Crippen molar-refractivity contribution in [2.24, 2.45) is 10.8 Å². The molecule has 0 aliphatic carbocycles. The van der Waals surface area contributed by atoms with Crippen molar-refractivity contribution in [3.8, 4) is 0 Å². The molecule has 0 unspecified atom stereocenters. The van der Waals surface area contributed by atoms with E-state index in [2.05, 4.69) is 11.9 Å². The Morgan fingerprint density at radius 1 is 1.88 bits per heavy atom. The minimum atomic E-state index is 0.875. The Morgan fingerprint density at radius 2 is 2.62 bits per heavy atom. The van der Waals surface area contributed by atoms with Gasteiger partial charge in [0.25, 0.3) is 0 Å². The molecular formula is C5H11N3. The number of rotatable bonds is 1. The predicted octanol–water partition coefficient (Wildman–Crippen LogP) is -0.0158. The summed E-state index contributed by atoms with van der Waals surface area (Å²) in [6.07, 6.45) is 0.955. The van der Waals surface area contributed by atoms with Crippen LogP contribution in [-0.4, -0.2) is 23.9 Å². The highest BCUT2D eigenvalue weighted by molar-refractivity contribution is 5.82. The van der Waals surface area contributed by atoms with Crippen LogP contribution in [0.2, 0.25) is 0 Å². The fourth-order valence-corrected chi connectivity index (χ4v) is 0.822. The lowest BCUT2D eigenvalue weighted by Gasteiger charge is -2.09. The molecule has 0 atom stereocenters. The van der Waals surface area contributed by atoms with Crippen molar-refractivity contribution in [1.82, 2.24) is 5.01 Å². The first-order valence-corrected chi connectivity index (χ1v) is 2.90. The van der Waals surface area contributed by atoms with E-state index in [-0.39, 0.29) is 0 Å². The Balaban J connectivity index is 2.49. The number of hydrogen-bond acceptors (Lipinski definition) is 3. The van der Waals surface area contributed by atoms with Crippen molar-refractivity contribution in [2.45, 2.75) is 13.3 Å². The largest absolute Gasteiger partial charge is 0.297 e. The molecule has 0 bridgehead atoms. The van der Waals surface area contributed by atoms with Crippen LogP contribution >= 0.6 is 0 Å². The van der Waals surface area contributed by atoms with Crippen molar-refractivity contribution in [2.75, 3.05) is 13.1 Å². The SMILES string of the molecule is CCC1=NCCN1N. The van der Waals surface area contributed by atoms with Crippen LogP contribution in [0.4, 0.5) is 0 Å². The summed E-state index contributed by atoms with van der Waals surface area (Å²) in [5, 5.41) is 1.71. The number of nitrogens with zero attached hydrogens (tertiary/aromatic N) is 2. The number of hydrogen-bond donors (Lipinski definition) is 1. The molecule has 3 nitrogen and oxygen atoms in total. The summed E-state index contributed by atoms with van der Waals surface area (Å²) in [6, 6.07) is 0. The molecule has 0 aromatic heterocycles. The standard InChI is InChI=1S/C5H11N3/c1-2-5-7-3-4-8(5)6/h2-4,6H2,1H3. The van der Waals surface area contributed by atoms with Crippen LogP contribution < -0.4 is 5.84 Å². The normalized spacial score (nSPS) is 19.2. The minimum absolute atomic E-state index is 0.875. The average molecular weight is 113 g/mol. The van der Waals surface area contributed by atoms with Gasteiger partial charge in [-0.25, -0.2) is 5.84 Å². The number of aliphatic imine (C=N–C) groups is 1. The quantitative estimate of drug-likeness (QED) is 0.486. The topological polar surface area (TPSA) is 41.6 Å². The zero-order valence-corrected chi connectivity index (χ0v) is 5.09. The van der Waals surface area contributed by atoms with Crippen LogP contribution in [0.3, 0.4) is 0 Å². The van der Waals surface area contributed by atoms with Gasteiger partial charge in [-0.15, -0.1) is 0 Å². The van der Waals surface area contributed by atoms with Crippen LogP contribution in [0.15, 0.2) is 4.99 Å². The van der Waals surface area contributed by atoms with Gasteiger partial charge < -0.3 is 0 Å². The third-order valence-electron chi connectivity index (χ3n) is 1.28. The summed E-state index contributed by atoms with van der Waals surface area (Å²) < 4.78 is 0. The summed E-state index contributed by atoms with van der Waals surface area (Å²) in [7, 11) is 0. The van der Waals surface area contributed by atoms with Gasteiger partial charge in [0.15, 0.2) is 0 Å². The van der Waals surface area contributed by atoms with E-state index in [1.165, 1.54) is 0 Å². The Bertz CT molecular complexity index is 108. The highest BCUT2D eigenvalue weighted by Crippen LogP contribution is 1.97. The van der Waals surface area contributed by atoms with Crippen LogP contribution in [0.25, 0.3) is 0 Å². The molecule has 2 N–H and O–H groups in total. The molecular weight excluding hydrogens is 102 g/mol. The third-order valence-corrected chi connectivity index (χ3v) is 1.28. The maximum absolute atomic E-state index is 5.49. The van der Waals surface area contributed by atoms with E-state index in [4.69, 9.17) is 5.84 Å². The first-order chi connectivity index (χ1) is 3.84. The zero-order valence-electron chi connectivity index (χ0n) is 5.09. The molecule has 3 heteroatoms. The van der Waals surface area contributed by atoms with Crippen LogP contribution in [-0.2, 0) is 0 Å². The average Bonchev–Trinajstić information content (AvgIpc) is 2.14. The maximum atomic E-state index is 5.49. The molecule has 8 heavy (non-hydrogen) atoms. The summed E-state index contributed by atoms with van der Waals surface area (Å²) in [5.41, 5.74) is 0. The summed E-state index contributed by atoms with van der Waals surface area (Å²) in [4.78, 5) is 4.15. The van der Waals surface area contributed by atoms with E-state index in [0.29, 0.717) is 0 Å². The van der Waals surface area contributed by atoms with Gasteiger partial charge in [0.1, 0.15) is 5.84 Å². The second-order valence-corrected chi connectivity index (χ2v) is 1.84. The van der Waals surface area contributed by atoms with Gasteiger partial charge in [-0.05, 0) is 0 Å². The van der Waals surface area contributed by atoms with E-state index >= 15 is 0 Å². The first-order valence-electron chi connectivity index (χ1n) is 2.90. The molecule has 0 aromatic carbocycles. The van der Waals surface area contributed by atoms with Gasteiger partial charge >= 0.3 is 0 Å². The molecule has 1 aliphatic heterocycles. The van der Waals surface area contributed by atoms with E-state index in [9.17, 15) is 0 Å². The molecule has 1 heterocycles. The van der Waals surface area contributed by atoms with E-state index < -0.39 is 0 Å². The van der Waals surface area contributed by atoms with Gasteiger partial charge in [0.2, 0.25) is 0 Å². The fraction of sp³-hybridized carbons (Fsp3) is 0.800. The van der Waals surface area contributed by atoms with Crippen molar-refractivity contribution in [1.29, 1.82) is 0 Å². The van der Waals surface area contributed by atoms with E-state index in [1.807, 2.05) is 0 Å². The van der Waals surface area contributed by atoms with Crippen LogP contribution in [0, 0.1) is 0 Å². The molecule has 0 saturated carbocycles. The highest BCUT2D eigenvalue weighted by atomic mass is 15.4.